The maximum atomic E-state index is 11.7. The lowest BCUT2D eigenvalue weighted by Gasteiger charge is -2.21. The molecular formula is C12H18N2O3S. The minimum Gasteiger partial charge on any atom is -0.481 e. The second-order valence-corrected chi connectivity index (χ2v) is 5.99. The van der Waals surface area contributed by atoms with E-state index in [1.165, 1.54) is 11.3 Å². The van der Waals surface area contributed by atoms with Crippen molar-refractivity contribution in [3.05, 3.63) is 16.1 Å². The number of carboxylic acid groups (broad SMARTS) is 1. The van der Waals surface area contributed by atoms with Crippen LogP contribution in [0.5, 0.6) is 0 Å². The van der Waals surface area contributed by atoms with Gasteiger partial charge in [0.15, 0.2) is 0 Å². The van der Waals surface area contributed by atoms with Gasteiger partial charge < -0.3 is 10.4 Å². The molecule has 0 unspecified atom stereocenters. The van der Waals surface area contributed by atoms with E-state index in [1.54, 1.807) is 19.4 Å². The van der Waals surface area contributed by atoms with Crippen molar-refractivity contribution in [2.75, 3.05) is 0 Å². The summed E-state index contributed by atoms with van der Waals surface area (Å²) in [5.74, 6) is -1.01. The molecule has 1 heterocycles. The van der Waals surface area contributed by atoms with E-state index in [-0.39, 0.29) is 18.7 Å². The maximum absolute atomic E-state index is 11.7. The number of carbonyl (C=O) groups excluding carboxylic acids is 1. The highest BCUT2D eigenvalue weighted by molar-refractivity contribution is 7.09. The van der Waals surface area contributed by atoms with E-state index < -0.39 is 11.4 Å². The van der Waals surface area contributed by atoms with E-state index >= 15 is 0 Å². The summed E-state index contributed by atoms with van der Waals surface area (Å²) in [6.07, 6.45) is 0.192. The molecule has 0 radical (unpaired) electrons. The Bertz CT molecular complexity index is 440. The fraction of sp³-hybridized carbons (Fsp3) is 0.583. The van der Waals surface area contributed by atoms with Gasteiger partial charge in [-0.05, 0) is 12.3 Å². The molecule has 5 nitrogen and oxygen atoms in total. The maximum Gasteiger partial charge on any atom is 0.303 e. The van der Waals surface area contributed by atoms with Crippen molar-refractivity contribution in [2.24, 2.45) is 5.41 Å². The van der Waals surface area contributed by atoms with Crippen molar-refractivity contribution in [1.82, 2.24) is 10.3 Å². The molecule has 2 N–H and O–H groups in total. The minimum atomic E-state index is -0.883. The van der Waals surface area contributed by atoms with E-state index in [0.717, 1.165) is 10.6 Å². The standard InChI is InChI=1S/C12H18N2O3S/c1-8-9(18-7-14-8)6-13-10(15)4-12(2,3)5-11(16)17/h7H,4-6H2,1-3H3,(H,13,15)(H,16,17). The van der Waals surface area contributed by atoms with Crippen molar-refractivity contribution in [1.29, 1.82) is 0 Å². The lowest BCUT2D eigenvalue weighted by Crippen LogP contribution is -2.29. The van der Waals surface area contributed by atoms with Crippen LogP contribution in [0.15, 0.2) is 5.51 Å². The monoisotopic (exact) mass is 270 g/mol. The molecule has 0 spiro atoms. The lowest BCUT2D eigenvalue weighted by molar-refractivity contribution is -0.139. The normalized spacial score (nSPS) is 11.3. The number of carboxylic acids is 1. The molecule has 0 aromatic carbocycles. The van der Waals surface area contributed by atoms with Crippen molar-refractivity contribution in [3.63, 3.8) is 0 Å². The van der Waals surface area contributed by atoms with E-state index in [2.05, 4.69) is 10.3 Å². The van der Waals surface area contributed by atoms with Crippen molar-refractivity contribution < 1.29 is 14.7 Å². The molecule has 0 saturated heterocycles. The first-order valence-corrected chi connectivity index (χ1v) is 6.55. The predicted molar refractivity (Wildman–Crippen MR) is 69.3 cm³/mol. The van der Waals surface area contributed by atoms with Crippen molar-refractivity contribution >= 4 is 23.2 Å². The Morgan fingerprint density at radius 2 is 2.11 bits per heavy atom. The first-order chi connectivity index (χ1) is 8.30. The summed E-state index contributed by atoms with van der Waals surface area (Å²) in [6, 6.07) is 0. The molecule has 0 fully saturated rings. The van der Waals surface area contributed by atoms with Crippen LogP contribution in [0, 0.1) is 12.3 Å². The van der Waals surface area contributed by atoms with Crippen LogP contribution in [0.1, 0.15) is 37.3 Å². The molecule has 0 aliphatic carbocycles. The summed E-state index contributed by atoms with van der Waals surface area (Å²) >= 11 is 1.50. The first kappa shape index (κ1) is 14.6. The van der Waals surface area contributed by atoms with Crippen LogP contribution >= 0.6 is 11.3 Å². The Kier molecular flexibility index (Phi) is 4.84. The van der Waals surface area contributed by atoms with Gasteiger partial charge in [-0.3, -0.25) is 9.59 Å². The average Bonchev–Trinajstić information content (AvgIpc) is 2.58. The Balaban J connectivity index is 2.42. The molecule has 1 aromatic rings. The molecule has 100 valence electrons. The Morgan fingerprint density at radius 1 is 1.44 bits per heavy atom. The number of aliphatic carboxylic acids is 1. The number of amides is 1. The number of hydrogen-bond acceptors (Lipinski definition) is 4. The molecule has 6 heteroatoms. The number of carbonyl (C=O) groups is 2. The van der Waals surface area contributed by atoms with Gasteiger partial charge in [-0.25, -0.2) is 4.98 Å². The smallest absolute Gasteiger partial charge is 0.303 e. The topological polar surface area (TPSA) is 79.3 Å². The summed E-state index contributed by atoms with van der Waals surface area (Å²) in [4.78, 5) is 27.5. The summed E-state index contributed by atoms with van der Waals surface area (Å²) in [5.41, 5.74) is 2.13. The zero-order valence-corrected chi connectivity index (χ0v) is 11.6. The Hall–Kier alpha value is -1.43. The summed E-state index contributed by atoms with van der Waals surface area (Å²) < 4.78 is 0. The number of hydrogen-bond donors (Lipinski definition) is 2. The van der Waals surface area contributed by atoms with Gasteiger partial charge in [-0.15, -0.1) is 11.3 Å². The molecule has 0 aliphatic rings. The number of thiazole rings is 1. The van der Waals surface area contributed by atoms with Gasteiger partial charge in [0, 0.05) is 11.3 Å². The molecule has 1 rings (SSSR count). The third kappa shape index (κ3) is 4.83. The van der Waals surface area contributed by atoms with Gasteiger partial charge >= 0.3 is 5.97 Å². The van der Waals surface area contributed by atoms with Crippen LogP contribution < -0.4 is 5.32 Å². The number of rotatable bonds is 6. The number of aryl methyl sites for hydroxylation is 1. The Labute approximate surface area is 110 Å². The second kappa shape index (κ2) is 5.95. The number of aromatic nitrogens is 1. The highest BCUT2D eigenvalue weighted by atomic mass is 32.1. The van der Waals surface area contributed by atoms with Crippen LogP contribution in [0.3, 0.4) is 0 Å². The SMILES string of the molecule is Cc1ncsc1CNC(=O)CC(C)(C)CC(=O)O. The van der Waals surface area contributed by atoms with E-state index in [4.69, 9.17) is 5.11 Å². The van der Waals surface area contributed by atoms with Gasteiger partial charge in [0.25, 0.3) is 0 Å². The van der Waals surface area contributed by atoms with E-state index in [1.807, 2.05) is 6.92 Å². The van der Waals surface area contributed by atoms with Crippen molar-refractivity contribution in [3.8, 4) is 0 Å². The van der Waals surface area contributed by atoms with Crippen LogP contribution in [0.25, 0.3) is 0 Å². The largest absolute Gasteiger partial charge is 0.481 e. The zero-order chi connectivity index (χ0) is 13.8. The van der Waals surface area contributed by atoms with Crippen LogP contribution in [-0.2, 0) is 16.1 Å². The number of nitrogens with one attached hydrogen (secondary N) is 1. The minimum absolute atomic E-state index is 0.0139. The zero-order valence-electron chi connectivity index (χ0n) is 10.8. The van der Waals surface area contributed by atoms with Crippen LogP contribution in [0.2, 0.25) is 0 Å². The molecule has 1 amide bonds. The summed E-state index contributed by atoms with van der Waals surface area (Å²) in [5, 5.41) is 11.5. The fourth-order valence-electron chi connectivity index (χ4n) is 1.64. The molecule has 1 aromatic heterocycles. The molecule has 0 atom stereocenters. The molecule has 18 heavy (non-hydrogen) atoms. The van der Waals surface area contributed by atoms with Gasteiger partial charge in [0.2, 0.25) is 5.91 Å². The lowest BCUT2D eigenvalue weighted by atomic mass is 9.85. The molecule has 0 aliphatic heterocycles. The van der Waals surface area contributed by atoms with Gasteiger partial charge in [0.1, 0.15) is 0 Å². The van der Waals surface area contributed by atoms with Gasteiger partial charge in [-0.1, -0.05) is 13.8 Å². The predicted octanol–water partition coefficient (Wildman–Crippen LogP) is 1.96. The third-order valence-electron chi connectivity index (χ3n) is 2.56. The highest BCUT2D eigenvalue weighted by Crippen LogP contribution is 2.24. The quantitative estimate of drug-likeness (QED) is 0.828. The highest BCUT2D eigenvalue weighted by Gasteiger charge is 2.25. The number of nitrogens with zero attached hydrogens (tertiary/aromatic N) is 1. The van der Waals surface area contributed by atoms with E-state index in [9.17, 15) is 9.59 Å². The molecule has 0 saturated carbocycles. The van der Waals surface area contributed by atoms with Crippen LogP contribution in [0.4, 0.5) is 0 Å². The fourth-order valence-corrected chi connectivity index (χ4v) is 2.36. The average molecular weight is 270 g/mol. The van der Waals surface area contributed by atoms with E-state index in [0.29, 0.717) is 6.54 Å². The van der Waals surface area contributed by atoms with Crippen molar-refractivity contribution in [2.45, 2.75) is 40.2 Å². The second-order valence-electron chi connectivity index (χ2n) is 5.05. The summed E-state index contributed by atoms with van der Waals surface area (Å²) in [7, 11) is 0. The summed E-state index contributed by atoms with van der Waals surface area (Å²) in [6.45, 7) is 5.90. The molecular weight excluding hydrogens is 252 g/mol. The van der Waals surface area contributed by atoms with Crippen LogP contribution in [-0.4, -0.2) is 22.0 Å². The third-order valence-corrected chi connectivity index (χ3v) is 3.49. The molecule has 0 bridgehead atoms. The first-order valence-electron chi connectivity index (χ1n) is 5.67. The Morgan fingerprint density at radius 3 is 2.61 bits per heavy atom. The van der Waals surface area contributed by atoms with Gasteiger partial charge in [0.05, 0.1) is 24.2 Å². The van der Waals surface area contributed by atoms with Gasteiger partial charge in [-0.2, -0.15) is 0 Å².